The van der Waals surface area contributed by atoms with Crippen molar-refractivity contribution in [1.82, 2.24) is 25.6 Å². The third-order valence-electron chi connectivity index (χ3n) is 8.10. The molecule has 0 aliphatic carbocycles. The smallest absolute Gasteiger partial charge is 0.231 e. The van der Waals surface area contributed by atoms with Crippen LogP contribution in [0.3, 0.4) is 0 Å². The predicted octanol–water partition coefficient (Wildman–Crippen LogP) is 5.61. The zero-order valence-corrected chi connectivity index (χ0v) is 28.3. The largest absolute Gasteiger partial charge is 0.382 e. The van der Waals surface area contributed by atoms with Gasteiger partial charge in [-0.15, -0.1) is 0 Å². The lowest BCUT2D eigenvalue weighted by Gasteiger charge is -2.50. The Bertz CT molecular complexity index is 868. The summed E-state index contributed by atoms with van der Waals surface area (Å²) in [7, 11) is 0. The molecule has 0 unspecified atom stereocenters. The fraction of sp³-hybridized carbons (Fsp3) is 0.903. The van der Waals surface area contributed by atoms with E-state index in [0.29, 0.717) is 25.1 Å². The van der Waals surface area contributed by atoms with Gasteiger partial charge in [0.2, 0.25) is 17.2 Å². The van der Waals surface area contributed by atoms with Crippen molar-refractivity contribution in [2.24, 2.45) is 0 Å². The fourth-order valence-electron chi connectivity index (χ4n) is 7.42. The number of rotatable bonds is 14. The topological polar surface area (TPSA) is 87.7 Å². The van der Waals surface area contributed by atoms with Crippen LogP contribution >= 0.6 is 11.6 Å². The third kappa shape index (κ3) is 10.4. The summed E-state index contributed by atoms with van der Waals surface area (Å²) >= 11 is 6.72. The molecular formula is C31H58ClN7O2. The summed E-state index contributed by atoms with van der Waals surface area (Å²) < 4.78 is 11.4. The highest BCUT2D eigenvalue weighted by Crippen LogP contribution is 2.36. The fourth-order valence-corrected chi connectivity index (χ4v) is 7.57. The Balaban J connectivity index is 2.00. The van der Waals surface area contributed by atoms with Crippen LogP contribution in [-0.2, 0) is 9.47 Å². The first-order valence-electron chi connectivity index (χ1n) is 15.7. The lowest BCUT2D eigenvalue weighted by atomic mass is 9.79. The molecule has 0 aromatic carbocycles. The van der Waals surface area contributed by atoms with Crippen molar-refractivity contribution >= 4 is 23.5 Å². The van der Waals surface area contributed by atoms with E-state index in [1.54, 1.807) is 0 Å². The third-order valence-corrected chi connectivity index (χ3v) is 8.27. The molecule has 0 amide bonds. The van der Waals surface area contributed by atoms with Crippen molar-refractivity contribution in [2.45, 2.75) is 142 Å². The molecule has 0 radical (unpaired) electrons. The van der Waals surface area contributed by atoms with Gasteiger partial charge in [0.05, 0.1) is 0 Å². The van der Waals surface area contributed by atoms with E-state index in [9.17, 15) is 0 Å². The molecule has 2 aliphatic heterocycles. The van der Waals surface area contributed by atoms with Gasteiger partial charge in [-0.1, -0.05) is 0 Å². The number of anilines is 2. The lowest BCUT2D eigenvalue weighted by Crippen LogP contribution is -2.63. The zero-order chi connectivity index (χ0) is 30.5. The van der Waals surface area contributed by atoms with Gasteiger partial charge < -0.3 is 29.9 Å². The summed E-state index contributed by atoms with van der Waals surface area (Å²) in [5.74, 6) is 1.33. The van der Waals surface area contributed by atoms with Crippen LogP contribution in [0.25, 0.3) is 0 Å². The molecule has 0 spiro atoms. The van der Waals surface area contributed by atoms with E-state index in [1.165, 1.54) is 0 Å². The second-order valence-electron chi connectivity index (χ2n) is 14.6. The van der Waals surface area contributed by atoms with Crippen LogP contribution in [0.4, 0.5) is 11.9 Å². The Hall–Kier alpha value is -1.26. The minimum atomic E-state index is -0.0121. The number of nitrogens with zero attached hydrogens (tertiary/aromatic N) is 5. The summed E-state index contributed by atoms with van der Waals surface area (Å²) in [5.41, 5.74) is -0.0484. The molecule has 3 rings (SSSR count). The van der Waals surface area contributed by atoms with Crippen LogP contribution in [0.2, 0.25) is 5.28 Å². The highest BCUT2D eigenvalue weighted by molar-refractivity contribution is 6.28. The molecule has 236 valence electrons. The van der Waals surface area contributed by atoms with Crippen LogP contribution < -0.4 is 20.4 Å². The molecule has 10 heteroatoms. The van der Waals surface area contributed by atoms with Gasteiger partial charge in [-0.05, 0) is 119 Å². The molecule has 2 fully saturated rings. The lowest BCUT2D eigenvalue weighted by molar-refractivity contribution is 0.139. The predicted molar refractivity (Wildman–Crippen MR) is 170 cm³/mol. The van der Waals surface area contributed by atoms with E-state index < -0.39 is 0 Å². The van der Waals surface area contributed by atoms with E-state index in [4.69, 9.17) is 36.0 Å². The van der Waals surface area contributed by atoms with Crippen molar-refractivity contribution < 1.29 is 9.47 Å². The van der Waals surface area contributed by atoms with E-state index in [2.05, 4.69) is 75.8 Å². The normalized spacial score (nSPS) is 22.0. The summed E-state index contributed by atoms with van der Waals surface area (Å²) in [6, 6.07) is 0.523. The highest BCUT2D eigenvalue weighted by Gasteiger charge is 2.42. The number of ether oxygens (including phenoxy) is 2. The van der Waals surface area contributed by atoms with Crippen LogP contribution in [-0.4, -0.2) is 88.7 Å². The Morgan fingerprint density at radius 3 is 1.32 bits per heavy atom. The maximum atomic E-state index is 6.72. The van der Waals surface area contributed by atoms with Crippen molar-refractivity contribution in [1.29, 1.82) is 0 Å². The van der Waals surface area contributed by atoms with Crippen LogP contribution in [0, 0.1) is 0 Å². The van der Waals surface area contributed by atoms with Crippen molar-refractivity contribution in [3.63, 3.8) is 0 Å². The number of nitrogens with one attached hydrogen (secondary N) is 2. The Morgan fingerprint density at radius 2 is 1.00 bits per heavy atom. The molecule has 41 heavy (non-hydrogen) atoms. The van der Waals surface area contributed by atoms with Gasteiger partial charge in [-0.2, -0.15) is 15.0 Å². The average Bonchev–Trinajstić information content (AvgIpc) is 2.79. The number of hydrogen-bond acceptors (Lipinski definition) is 9. The minimum Gasteiger partial charge on any atom is -0.382 e. The molecule has 1 aromatic rings. The SMILES string of the molecule is CCOCCCN(c1nc(Cl)nc(N(CCCOCC)C2CC(C)(C)NC(C)(C)C2)n1)C1CC(C)(C)NC(C)(C)C1. The van der Waals surface area contributed by atoms with Gasteiger partial charge in [-0.3, -0.25) is 0 Å². The summed E-state index contributed by atoms with van der Waals surface area (Å²) in [4.78, 5) is 19.4. The number of aromatic nitrogens is 3. The van der Waals surface area contributed by atoms with Gasteiger partial charge in [0.1, 0.15) is 0 Å². The quantitative estimate of drug-likeness (QED) is 0.266. The zero-order valence-electron chi connectivity index (χ0n) is 27.6. The second kappa shape index (κ2) is 14.0. The van der Waals surface area contributed by atoms with Crippen molar-refractivity contribution in [2.75, 3.05) is 49.3 Å². The first-order chi connectivity index (χ1) is 19.1. The molecule has 2 saturated heterocycles. The van der Waals surface area contributed by atoms with E-state index >= 15 is 0 Å². The van der Waals surface area contributed by atoms with Crippen molar-refractivity contribution in [3.05, 3.63) is 5.28 Å². The minimum absolute atomic E-state index is 0.0121. The Morgan fingerprint density at radius 1 is 0.659 bits per heavy atom. The maximum Gasteiger partial charge on any atom is 0.231 e. The first kappa shape index (κ1) is 34.2. The molecule has 2 aliphatic rings. The molecule has 9 nitrogen and oxygen atoms in total. The maximum absolute atomic E-state index is 6.72. The highest BCUT2D eigenvalue weighted by atomic mass is 35.5. The van der Waals surface area contributed by atoms with Crippen LogP contribution in [0.5, 0.6) is 0 Å². The average molecular weight is 596 g/mol. The van der Waals surface area contributed by atoms with E-state index in [1.807, 2.05) is 13.8 Å². The van der Waals surface area contributed by atoms with E-state index in [0.717, 1.165) is 64.8 Å². The molecule has 1 aromatic heterocycles. The van der Waals surface area contributed by atoms with Gasteiger partial charge in [-0.25, -0.2) is 0 Å². The molecule has 0 saturated carbocycles. The Labute approximate surface area is 254 Å². The molecule has 2 N–H and O–H groups in total. The standard InChI is InChI=1S/C31H58ClN7O2/c1-11-40-17-13-15-38(23-19-28(3,4)36-29(5,6)20-23)26-33-25(32)34-27(35-26)39(16-14-18-41-12-2)24-21-30(7,8)37-31(9,10)22-24/h23-24,36-37H,11-22H2,1-10H3. The summed E-state index contributed by atoms with van der Waals surface area (Å²) in [6.45, 7) is 26.8. The molecule has 0 atom stereocenters. The van der Waals surface area contributed by atoms with E-state index in [-0.39, 0.29) is 39.5 Å². The second-order valence-corrected chi connectivity index (χ2v) is 14.9. The van der Waals surface area contributed by atoms with Gasteiger partial charge in [0.15, 0.2) is 0 Å². The van der Waals surface area contributed by atoms with Crippen LogP contribution in [0.1, 0.15) is 108 Å². The van der Waals surface area contributed by atoms with Gasteiger partial charge in [0, 0.05) is 73.8 Å². The number of piperidine rings is 2. The monoisotopic (exact) mass is 595 g/mol. The summed E-state index contributed by atoms with van der Waals surface area (Å²) in [6.07, 6.45) is 5.73. The van der Waals surface area contributed by atoms with Crippen molar-refractivity contribution in [3.8, 4) is 0 Å². The molecule has 3 heterocycles. The molecular weight excluding hydrogens is 538 g/mol. The Kier molecular flexibility index (Phi) is 11.7. The van der Waals surface area contributed by atoms with Gasteiger partial charge in [0.25, 0.3) is 0 Å². The summed E-state index contributed by atoms with van der Waals surface area (Å²) in [5, 5.41) is 7.89. The van der Waals surface area contributed by atoms with Crippen LogP contribution in [0.15, 0.2) is 0 Å². The van der Waals surface area contributed by atoms with Gasteiger partial charge >= 0.3 is 0 Å². The first-order valence-corrected chi connectivity index (χ1v) is 16.1. The number of hydrogen-bond donors (Lipinski definition) is 2. The number of halogens is 1. The molecule has 0 bridgehead atoms.